The van der Waals surface area contributed by atoms with Gasteiger partial charge in [0.25, 0.3) is 0 Å². The van der Waals surface area contributed by atoms with Crippen LogP contribution in [0.3, 0.4) is 0 Å². The molecule has 1 aromatic heterocycles. The van der Waals surface area contributed by atoms with Gasteiger partial charge in [-0.15, -0.1) is 0 Å². The van der Waals surface area contributed by atoms with Gasteiger partial charge in [-0.1, -0.05) is 39.0 Å². The molecule has 2 nitrogen and oxygen atoms in total. The van der Waals surface area contributed by atoms with E-state index in [0.29, 0.717) is 17.4 Å². The highest BCUT2D eigenvalue weighted by Gasteiger charge is 2.09. The van der Waals surface area contributed by atoms with Gasteiger partial charge in [0.2, 0.25) is 0 Å². The second-order valence-corrected chi connectivity index (χ2v) is 4.51. The van der Waals surface area contributed by atoms with Gasteiger partial charge in [-0.3, -0.25) is 4.98 Å². The van der Waals surface area contributed by atoms with Gasteiger partial charge < -0.3 is 4.74 Å². The van der Waals surface area contributed by atoms with Crippen LogP contribution in [0.4, 0.5) is 0 Å². The molecule has 0 spiro atoms. The molecule has 20 heavy (non-hydrogen) atoms. The number of hydrogen-bond donors (Lipinski definition) is 0. The van der Waals surface area contributed by atoms with Gasteiger partial charge in [0.05, 0.1) is 17.1 Å². The molecule has 0 saturated heterocycles. The molecule has 3 heteroatoms. The van der Waals surface area contributed by atoms with E-state index in [0.717, 1.165) is 22.9 Å². The summed E-state index contributed by atoms with van der Waals surface area (Å²) in [5.41, 5.74) is 3.06. The van der Waals surface area contributed by atoms with Crippen LogP contribution in [0.1, 0.15) is 38.8 Å². The third kappa shape index (κ3) is 3.73. The minimum absolute atomic E-state index is 0.601. The number of ether oxygens (including phenoxy) is 1. The fraction of sp³-hybridized carbons (Fsp3) is 0.353. The van der Waals surface area contributed by atoms with Crippen molar-refractivity contribution in [1.29, 1.82) is 0 Å². The molecule has 0 N–H and O–H groups in total. The molecule has 1 aromatic carbocycles. The number of fused-ring (bicyclic) bond motifs is 1. The van der Waals surface area contributed by atoms with Gasteiger partial charge in [-0.2, -0.15) is 0 Å². The Kier molecular flexibility index (Phi) is 6.53. The van der Waals surface area contributed by atoms with E-state index in [1.807, 2.05) is 26.8 Å². The number of aromatic nitrogens is 1. The van der Waals surface area contributed by atoms with E-state index in [4.69, 9.17) is 16.3 Å². The molecule has 0 unspecified atom stereocenters. The second-order valence-electron chi connectivity index (χ2n) is 4.08. The molecule has 0 aliphatic rings. The SMILES string of the molecule is C=C(OCC)c1cc(CC)cc2cc(Cl)cnc12.CC. The molecule has 0 fully saturated rings. The van der Waals surface area contributed by atoms with Crippen LogP contribution in [0.2, 0.25) is 5.02 Å². The van der Waals surface area contributed by atoms with Crippen LogP contribution in [0.25, 0.3) is 16.7 Å². The van der Waals surface area contributed by atoms with E-state index in [-0.39, 0.29) is 0 Å². The van der Waals surface area contributed by atoms with Crippen molar-refractivity contribution in [1.82, 2.24) is 4.98 Å². The fourth-order valence-corrected chi connectivity index (χ4v) is 2.12. The zero-order valence-electron chi connectivity index (χ0n) is 12.7. The van der Waals surface area contributed by atoms with Crippen molar-refractivity contribution in [2.24, 2.45) is 0 Å². The van der Waals surface area contributed by atoms with E-state index >= 15 is 0 Å². The first-order chi connectivity index (χ1) is 9.65. The summed E-state index contributed by atoms with van der Waals surface area (Å²) >= 11 is 5.99. The van der Waals surface area contributed by atoms with Gasteiger partial charge >= 0.3 is 0 Å². The lowest BCUT2D eigenvalue weighted by Gasteiger charge is -2.11. The quantitative estimate of drug-likeness (QED) is 0.695. The first-order valence-electron chi connectivity index (χ1n) is 7.06. The van der Waals surface area contributed by atoms with Gasteiger partial charge in [-0.05, 0) is 37.1 Å². The van der Waals surface area contributed by atoms with Crippen LogP contribution in [0.15, 0.2) is 31.0 Å². The van der Waals surface area contributed by atoms with Crippen molar-refractivity contribution in [2.45, 2.75) is 34.1 Å². The lowest BCUT2D eigenvalue weighted by atomic mass is 10.0. The lowest BCUT2D eigenvalue weighted by Crippen LogP contribution is -1.95. The standard InChI is InChI=1S/C15H16ClNO.C2H6/c1-4-11-6-12-8-13(16)9-17-15(12)14(7-11)10(3)18-5-2;1-2/h6-9H,3-5H2,1-2H3;1-2H3. The highest BCUT2D eigenvalue weighted by atomic mass is 35.5. The highest BCUT2D eigenvalue weighted by Crippen LogP contribution is 2.27. The third-order valence-electron chi connectivity index (χ3n) is 2.84. The van der Waals surface area contributed by atoms with Gasteiger partial charge in [0, 0.05) is 17.1 Å². The Labute approximate surface area is 126 Å². The normalized spacial score (nSPS) is 9.85. The van der Waals surface area contributed by atoms with Gasteiger partial charge in [0.1, 0.15) is 5.76 Å². The molecule has 1 heterocycles. The van der Waals surface area contributed by atoms with Crippen molar-refractivity contribution >= 4 is 28.3 Å². The Morgan fingerprint density at radius 3 is 2.55 bits per heavy atom. The molecule has 0 aliphatic carbocycles. The average Bonchev–Trinajstić information content (AvgIpc) is 2.48. The summed E-state index contributed by atoms with van der Waals surface area (Å²) in [6.45, 7) is 12.6. The number of nitrogens with zero attached hydrogens (tertiary/aromatic N) is 1. The van der Waals surface area contributed by atoms with Crippen molar-refractivity contribution < 1.29 is 4.74 Å². The maximum atomic E-state index is 5.99. The summed E-state index contributed by atoms with van der Waals surface area (Å²) < 4.78 is 5.50. The Balaban J connectivity index is 0.000000956. The van der Waals surface area contributed by atoms with Crippen molar-refractivity contribution in [3.8, 4) is 0 Å². The summed E-state index contributed by atoms with van der Waals surface area (Å²) in [7, 11) is 0. The van der Waals surface area contributed by atoms with Crippen molar-refractivity contribution in [3.05, 3.63) is 47.1 Å². The number of aryl methyl sites for hydroxylation is 1. The Morgan fingerprint density at radius 1 is 1.25 bits per heavy atom. The Hall–Kier alpha value is -1.54. The maximum absolute atomic E-state index is 5.99. The van der Waals surface area contributed by atoms with E-state index in [1.54, 1.807) is 6.20 Å². The average molecular weight is 292 g/mol. The van der Waals surface area contributed by atoms with Crippen LogP contribution >= 0.6 is 11.6 Å². The van der Waals surface area contributed by atoms with E-state index in [2.05, 4.69) is 30.6 Å². The molecule has 0 aliphatic heterocycles. The van der Waals surface area contributed by atoms with Crippen LogP contribution in [0, 0.1) is 0 Å². The first-order valence-corrected chi connectivity index (χ1v) is 7.43. The molecule has 2 rings (SSSR count). The summed E-state index contributed by atoms with van der Waals surface area (Å²) in [5, 5.41) is 1.67. The minimum atomic E-state index is 0.601. The second kappa shape index (κ2) is 7.91. The minimum Gasteiger partial charge on any atom is -0.494 e. The van der Waals surface area contributed by atoms with Crippen molar-refractivity contribution in [2.75, 3.05) is 6.61 Å². The molecular formula is C17H22ClNO. The predicted octanol–water partition coefficient (Wildman–Crippen LogP) is 5.48. The molecule has 0 atom stereocenters. The van der Waals surface area contributed by atoms with E-state index in [9.17, 15) is 0 Å². The monoisotopic (exact) mass is 291 g/mol. The highest BCUT2D eigenvalue weighted by molar-refractivity contribution is 6.31. The molecule has 108 valence electrons. The van der Waals surface area contributed by atoms with Crippen molar-refractivity contribution in [3.63, 3.8) is 0 Å². The van der Waals surface area contributed by atoms with Crippen LogP contribution in [-0.2, 0) is 11.2 Å². The predicted molar refractivity (Wildman–Crippen MR) is 88.1 cm³/mol. The summed E-state index contributed by atoms with van der Waals surface area (Å²) in [6, 6.07) is 6.12. The first kappa shape index (κ1) is 16.5. The molecule has 0 amide bonds. The Bertz CT molecular complexity index is 593. The lowest BCUT2D eigenvalue weighted by molar-refractivity contribution is 0.299. The third-order valence-corrected chi connectivity index (χ3v) is 3.04. The molecule has 2 aromatic rings. The van der Waals surface area contributed by atoms with Crippen LogP contribution < -0.4 is 0 Å². The Morgan fingerprint density at radius 2 is 1.95 bits per heavy atom. The summed E-state index contributed by atoms with van der Waals surface area (Å²) in [5.74, 6) is 0.660. The van der Waals surface area contributed by atoms with Gasteiger partial charge in [0.15, 0.2) is 0 Å². The number of rotatable bonds is 4. The number of pyridine rings is 1. The largest absolute Gasteiger partial charge is 0.494 e. The van der Waals surface area contributed by atoms with Crippen LogP contribution in [0.5, 0.6) is 0 Å². The topological polar surface area (TPSA) is 22.1 Å². The van der Waals surface area contributed by atoms with Gasteiger partial charge in [-0.25, -0.2) is 0 Å². The number of hydrogen-bond acceptors (Lipinski definition) is 2. The molecule has 0 saturated carbocycles. The zero-order chi connectivity index (χ0) is 15.1. The van der Waals surface area contributed by atoms with Crippen LogP contribution in [-0.4, -0.2) is 11.6 Å². The molecule has 0 radical (unpaired) electrons. The fourth-order valence-electron chi connectivity index (χ4n) is 1.95. The summed E-state index contributed by atoms with van der Waals surface area (Å²) in [4.78, 5) is 4.39. The molecular weight excluding hydrogens is 270 g/mol. The number of halogens is 1. The number of benzene rings is 1. The smallest absolute Gasteiger partial charge is 0.121 e. The maximum Gasteiger partial charge on any atom is 0.121 e. The van der Waals surface area contributed by atoms with E-state index in [1.165, 1.54) is 5.56 Å². The summed E-state index contributed by atoms with van der Waals surface area (Å²) in [6.07, 6.45) is 2.60. The van der Waals surface area contributed by atoms with E-state index < -0.39 is 0 Å². The zero-order valence-corrected chi connectivity index (χ0v) is 13.4. The molecule has 0 bridgehead atoms.